The quantitative estimate of drug-likeness (QED) is 0.462. The number of carbonyl (C=O) groups excluding carboxylic acids is 1. The second kappa shape index (κ2) is 6.29. The third-order valence-electron chi connectivity index (χ3n) is 2.28. The van der Waals surface area contributed by atoms with Gasteiger partial charge < -0.3 is 4.74 Å². The van der Waals surface area contributed by atoms with E-state index in [0.717, 1.165) is 0 Å². The zero-order valence-electron chi connectivity index (χ0n) is 10.9. The van der Waals surface area contributed by atoms with Crippen LogP contribution >= 0.6 is 11.6 Å². The first kappa shape index (κ1) is 15.8. The molecule has 0 bridgehead atoms. The predicted molar refractivity (Wildman–Crippen MR) is 70.0 cm³/mol. The highest BCUT2D eigenvalue weighted by molar-refractivity contribution is 7.91. The van der Waals surface area contributed by atoms with E-state index in [4.69, 9.17) is 11.6 Å². The first-order chi connectivity index (χ1) is 8.80. The van der Waals surface area contributed by atoms with Crippen molar-refractivity contribution in [2.45, 2.75) is 18.9 Å². The number of esters is 1. The van der Waals surface area contributed by atoms with E-state index in [9.17, 15) is 13.2 Å². The second-order valence-electron chi connectivity index (χ2n) is 4.20. The summed E-state index contributed by atoms with van der Waals surface area (Å²) in [5.41, 5.74) is 0.382. The number of methoxy groups -OCH3 is 1. The van der Waals surface area contributed by atoms with Crippen molar-refractivity contribution in [3.05, 3.63) is 17.6 Å². The Hall–Kier alpha value is -1.21. The number of aromatic nitrogens is 2. The molecule has 1 rings (SSSR count). The lowest BCUT2D eigenvalue weighted by molar-refractivity contribution is 0.0585. The summed E-state index contributed by atoms with van der Waals surface area (Å²) in [6.45, 7) is 3.30. The average Bonchev–Trinajstić information content (AvgIpc) is 2.36. The van der Waals surface area contributed by atoms with Crippen LogP contribution in [-0.4, -0.2) is 43.1 Å². The Labute approximate surface area is 117 Å². The van der Waals surface area contributed by atoms with Gasteiger partial charge in [-0.05, 0) is 18.9 Å². The van der Waals surface area contributed by atoms with E-state index in [1.807, 2.05) is 0 Å². The van der Waals surface area contributed by atoms with Crippen molar-refractivity contribution >= 4 is 27.4 Å². The molecule has 0 aromatic carbocycles. The first-order valence-corrected chi connectivity index (χ1v) is 7.71. The van der Waals surface area contributed by atoms with E-state index >= 15 is 0 Å². The molecule has 6 nitrogen and oxygen atoms in total. The number of halogens is 1. The number of carbonyl (C=O) groups is 1. The van der Waals surface area contributed by atoms with Gasteiger partial charge >= 0.3 is 5.97 Å². The van der Waals surface area contributed by atoms with Crippen LogP contribution in [0.3, 0.4) is 0 Å². The number of nitrogens with zero attached hydrogens (tertiary/aromatic N) is 2. The molecule has 8 heteroatoms. The van der Waals surface area contributed by atoms with Gasteiger partial charge in [-0.25, -0.2) is 23.2 Å². The number of rotatable bonds is 5. The third-order valence-corrected chi connectivity index (χ3v) is 4.67. The van der Waals surface area contributed by atoms with Crippen LogP contribution in [0.4, 0.5) is 0 Å². The van der Waals surface area contributed by atoms with E-state index in [-0.39, 0.29) is 28.4 Å². The van der Waals surface area contributed by atoms with Crippen molar-refractivity contribution in [1.82, 2.24) is 9.97 Å². The summed E-state index contributed by atoms with van der Waals surface area (Å²) < 4.78 is 28.7. The van der Waals surface area contributed by atoms with E-state index in [0.29, 0.717) is 5.69 Å². The highest BCUT2D eigenvalue weighted by atomic mass is 35.5. The molecule has 1 atom stereocenters. The first-order valence-electron chi connectivity index (χ1n) is 5.53. The van der Waals surface area contributed by atoms with E-state index < -0.39 is 15.8 Å². The van der Waals surface area contributed by atoms with Gasteiger partial charge in [0.05, 0.1) is 12.9 Å². The van der Waals surface area contributed by atoms with Crippen LogP contribution in [0.5, 0.6) is 0 Å². The van der Waals surface area contributed by atoms with E-state index in [1.165, 1.54) is 13.2 Å². The Morgan fingerprint density at radius 1 is 1.47 bits per heavy atom. The number of hydrogen-bond donors (Lipinski definition) is 0. The molecule has 0 fully saturated rings. The lowest BCUT2D eigenvalue weighted by atomic mass is 10.3. The molecule has 0 aliphatic rings. The number of sulfone groups is 1. The SMILES string of the molecule is COC(=O)c1nc(C)cc(S(=O)(=O)CC(C)CCl)n1. The van der Waals surface area contributed by atoms with Gasteiger partial charge in [0.2, 0.25) is 5.82 Å². The van der Waals surface area contributed by atoms with Crippen molar-refractivity contribution in [1.29, 1.82) is 0 Å². The monoisotopic (exact) mass is 306 g/mol. The summed E-state index contributed by atoms with van der Waals surface area (Å²) in [5.74, 6) is -1.14. The van der Waals surface area contributed by atoms with Crippen LogP contribution in [0.1, 0.15) is 23.2 Å². The lowest BCUT2D eigenvalue weighted by Crippen LogP contribution is -2.19. The molecular formula is C11H15ClN2O4S. The average molecular weight is 307 g/mol. The molecule has 19 heavy (non-hydrogen) atoms. The maximum atomic E-state index is 12.1. The molecule has 0 N–H and O–H groups in total. The Morgan fingerprint density at radius 3 is 2.63 bits per heavy atom. The minimum absolute atomic E-state index is 0.131. The van der Waals surface area contributed by atoms with Crippen molar-refractivity contribution in [3.63, 3.8) is 0 Å². The van der Waals surface area contributed by atoms with Crippen LogP contribution in [0.15, 0.2) is 11.1 Å². The van der Waals surface area contributed by atoms with Crippen molar-refractivity contribution in [2.75, 3.05) is 18.7 Å². The lowest BCUT2D eigenvalue weighted by Gasteiger charge is -2.09. The summed E-state index contributed by atoms with van der Waals surface area (Å²) in [7, 11) is -2.42. The third kappa shape index (κ3) is 4.14. The van der Waals surface area contributed by atoms with E-state index in [1.54, 1.807) is 13.8 Å². The second-order valence-corrected chi connectivity index (χ2v) is 6.49. The standard InChI is InChI=1S/C11H15ClN2O4S/c1-7(5-12)6-19(16,17)9-4-8(2)13-10(14-9)11(15)18-3/h4,7H,5-6H2,1-3H3. The summed E-state index contributed by atoms with van der Waals surface area (Å²) in [5, 5.41) is -0.183. The molecule has 0 radical (unpaired) electrons. The molecule has 0 amide bonds. The van der Waals surface area contributed by atoms with Gasteiger partial charge in [-0.15, -0.1) is 11.6 Å². The molecule has 1 aromatic heterocycles. The molecular weight excluding hydrogens is 292 g/mol. The minimum Gasteiger partial charge on any atom is -0.463 e. The van der Waals surface area contributed by atoms with Crippen LogP contribution < -0.4 is 0 Å². The summed E-state index contributed by atoms with van der Waals surface area (Å²) in [4.78, 5) is 18.9. The van der Waals surface area contributed by atoms with Gasteiger partial charge in [0.1, 0.15) is 0 Å². The highest BCUT2D eigenvalue weighted by Gasteiger charge is 2.22. The predicted octanol–water partition coefficient (Wildman–Crippen LogP) is 1.22. The van der Waals surface area contributed by atoms with Crippen LogP contribution in [0.25, 0.3) is 0 Å². The van der Waals surface area contributed by atoms with Crippen molar-refractivity contribution < 1.29 is 17.9 Å². The minimum atomic E-state index is -3.60. The Balaban J connectivity index is 3.20. The number of alkyl halides is 1. The molecule has 0 saturated carbocycles. The summed E-state index contributed by atoms with van der Waals surface area (Å²) in [6, 6.07) is 1.32. The zero-order valence-corrected chi connectivity index (χ0v) is 12.5. The Morgan fingerprint density at radius 2 is 2.11 bits per heavy atom. The van der Waals surface area contributed by atoms with Gasteiger partial charge in [-0.2, -0.15) is 0 Å². The van der Waals surface area contributed by atoms with E-state index in [2.05, 4.69) is 14.7 Å². The normalized spacial score (nSPS) is 13.1. The van der Waals surface area contributed by atoms with Gasteiger partial charge in [0, 0.05) is 11.6 Å². The zero-order chi connectivity index (χ0) is 14.6. The molecule has 0 saturated heterocycles. The van der Waals surface area contributed by atoms with Crippen LogP contribution in [0.2, 0.25) is 0 Å². The van der Waals surface area contributed by atoms with Gasteiger partial charge in [0.15, 0.2) is 14.9 Å². The molecule has 1 heterocycles. The Kier molecular flexibility index (Phi) is 5.25. The number of hydrogen-bond acceptors (Lipinski definition) is 6. The molecule has 0 spiro atoms. The maximum Gasteiger partial charge on any atom is 0.376 e. The largest absolute Gasteiger partial charge is 0.463 e. The Bertz CT molecular complexity index is 574. The smallest absolute Gasteiger partial charge is 0.376 e. The fourth-order valence-electron chi connectivity index (χ4n) is 1.39. The van der Waals surface area contributed by atoms with Gasteiger partial charge in [-0.3, -0.25) is 0 Å². The summed E-state index contributed by atoms with van der Waals surface area (Å²) in [6.07, 6.45) is 0. The number of aryl methyl sites for hydroxylation is 1. The topological polar surface area (TPSA) is 86.2 Å². The number of ether oxygens (including phenoxy) is 1. The molecule has 106 valence electrons. The van der Waals surface area contributed by atoms with Gasteiger partial charge in [0.25, 0.3) is 0 Å². The fraction of sp³-hybridized carbons (Fsp3) is 0.545. The van der Waals surface area contributed by atoms with Crippen molar-refractivity contribution in [3.8, 4) is 0 Å². The highest BCUT2D eigenvalue weighted by Crippen LogP contribution is 2.14. The molecule has 1 unspecified atom stereocenters. The van der Waals surface area contributed by atoms with Crippen LogP contribution in [-0.2, 0) is 14.6 Å². The molecule has 0 aliphatic heterocycles. The maximum absolute atomic E-state index is 12.1. The van der Waals surface area contributed by atoms with Gasteiger partial charge in [-0.1, -0.05) is 6.92 Å². The van der Waals surface area contributed by atoms with Crippen molar-refractivity contribution in [2.24, 2.45) is 5.92 Å². The molecule has 1 aromatic rings. The fourth-order valence-corrected chi connectivity index (χ4v) is 3.24. The van der Waals surface area contributed by atoms with Crippen LogP contribution in [0, 0.1) is 12.8 Å². The molecule has 0 aliphatic carbocycles. The summed E-state index contributed by atoms with van der Waals surface area (Å²) >= 11 is 5.61.